The van der Waals surface area contributed by atoms with Gasteiger partial charge >= 0.3 is 5.69 Å². The van der Waals surface area contributed by atoms with Crippen LogP contribution in [0.25, 0.3) is 0 Å². The number of likely N-dealkylation sites (N-methyl/N-ethyl adjacent to an activating group) is 1. The van der Waals surface area contributed by atoms with Crippen molar-refractivity contribution in [2.24, 2.45) is 0 Å². The fraction of sp³-hybridized carbons (Fsp3) is 0.462. The van der Waals surface area contributed by atoms with Crippen molar-refractivity contribution in [1.29, 1.82) is 0 Å². The Bertz CT molecular complexity index is 476. The number of aliphatic hydroxyl groups excluding tert-OH is 1. The Morgan fingerprint density at radius 2 is 2.15 bits per heavy atom. The number of para-hydroxylation sites is 2. The van der Waals surface area contributed by atoms with Crippen molar-refractivity contribution in [3.8, 4) is 5.75 Å². The highest BCUT2D eigenvalue weighted by atomic mass is 16.6. The van der Waals surface area contributed by atoms with Crippen molar-refractivity contribution in [3.63, 3.8) is 0 Å². The van der Waals surface area contributed by atoms with E-state index < -0.39 is 11.0 Å². The van der Waals surface area contributed by atoms with Gasteiger partial charge in [0.25, 0.3) is 5.91 Å². The fourth-order valence-electron chi connectivity index (χ4n) is 1.48. The van der Waals surface area contributed by atoms with Crippen LogP contribution in [-0.4, -0.2) is 47.1 Å². The minimum atomic E-state index is -0.559. The summed E-state index contributed by atoms with van der Waals surface area (Å²) < 4.78 is 5.19. The molecule has 0 saturated heterocycles. The smallest absolute Gasteiger partial charge is 0.310 e. The average molecular weight is 282 g/mol. The summed E-state index contributed by atoms with van der Waals surface area (Å²) in [6.07, 6.45) is -0.0188. The standard InChI is InChI=1S/C13H18N2O5/c1-10(16)7-8-14(2)13(17)9-20-12-6-4-3-5-11(12)15(18)19/h3-6,10,16H,7-9H2,1-2H3. The van der Waals surface area contributed by atoms with Gasteiger partial charge in [-0.15, -0.1) is 0 Å². The Morgan fingerprint density at radius 1 is 1.50 bits per heavy atom. The Labute approximate surface area is 116 Å². The van der Waals surface area contributed by atoms with Crippen LogP contribution in [0.5, 0.6) is 5.75 Å². The normalized spacial score (nSPS) is 11.8. The van der Waals surface area contributed by atoms with Crippen molar-refractivity contribution >= 4 is 11.6 Å². The number of ether oxygens (including phenoxy) is 1. The first kappa shape index (κ1) is 15.9. The minimum absolute atomic E-state index is 0.0646. The first-order chi connectivity index (χ1) is 9.41. The number of hydrogen-bond acceptors (Lipinski definition) is 5. The number of carbonyl (C=O) groups is 1. The van der Waals surface area contributed by atoms with Crippen LogP contribution < -0.4 is 4.74 Å². The van der Waals surface area contributed by atoms with Gasteiger partial charge in [-0.1, -0.05) is 12.1 Å². The number of carbonyl (C=O) groups excluding carboxylic acids is 1. The molecule has 1 N–H and O–H groups in total. The number of hydrogen-bond donors (Lipinski definition) is 1. The molecule has 0 aliphatic rings. The minimum Gasteiger partial charge on any atom is -0.477 e. The zero-order valence-electron chi connectivity index (χ0n) is 11.5. The van der Waals surface area contributed by atoms with Crippen LogP contribution in [0.15, 0.2) is 24.3 Å². The molecule has 1 rings (SSSR count). The lowest BCUT2D eigenvalue weighted by Crippen LogP contribution is -2.33. The van der Waals surface area contributed by atoms with Crippen LogP contribution in [0.4, 0.5) is 5.69 Å². The summed E-state index contributed by atoms with van der Waals surface area (Å²) in [5.41, 5.74) is -0.174. The monoisotopic (exact) mass is 282 g/mol. The largest absolute Gasteiger partial charge is 0.477 e. The van der Waals surface area contributed by atoms with E-state index in [0.29, 0.717) is 13.0 Å². The maximum absolute atomic E-state index is 11.8. The third-order valence-corrected chi connectivity index (χ3v) is 2.72. The third-order valence-electron chi connectivity index (χ3n) is 2.72. The van der Waals surface area contributed by atoms with E-state index in [1.165, 1.54) is 23.1 Å². The van der Waals surface area contributed by atoms with E-state index in [1.807, 2.05) is 0 Å². The third kappa shape index (κ3) is 4.85. The molecule has 1 atom stereocenters. The molecule has 1 amide bonds. The topological polar surface area (TPSA) is 92.9 Å². The predicted molar refractivity (Wildman–Crippen MR) is 72.5 cm³/mol. The maximum Gasteiger partial charge on any atom is 0.310 e. The van der Waals surface area contributed by atoms with Gasteiger partial charge in [-0.25, -0.2) is 0 Å². The van der Waals surface area contributed by atoms with Crippen LogP contribution in [0.2, 0.25) is 0 Å². The molecule has 20 heavy (non-hydrogen) atoms. The molecule has 0 heterocycles. The van der Waals surface area contributed by atoms with E-state index in [1.54, 1.807) is 20.0 Å². The summed E-state index contributed by atoms with van der Waals surface area (Å²) in [6.45, 7) is 1.76. The van der Waals surface area contributed by atoms with Crippen LogP contribution in [0, 0.1) is 10.1 Å². The quantitative estimate of drug-likeness (QED) is 0.599. The van der Waals surface area contributed by atoms with Gasteiger partial charge in [0, 0.05) is 19.7 Å². The zero-order valence-corrected chi connectivity index (χ0v) is 11.5. The summed E-state index contributed by atoms with van der Waals surface area (Å²) in [5, 5.41) is 19.9. The van der Waals surface area contributed by atoms with Crippen molar-refractivity contribution in [1.82, 2.24) is 4.90 Å². The molecule has 7 nitrogen and oxygen atoms in total. The van der Waals surface area contributed by atoms with Crippen molar-refractivity contribution in [2.45, 2.75) is 19.4 Å². The number of benzene rings is 1. The molecule has 1 aromatic rings. The van der Waals surface area contributed by atoms with E-state index in [-0.39, 0.29) is 24.0 Å². The van der Waals surface area contributed by atoms with Crippen LogP contribution >= 0.6 is 0 Å². The van der Waals surface area contributed by atoms with Gasteiger partial charge in [-0.05, 0) is 19.4 Å². The molecule has 0 fully saturated rings. The second kappa shape index (κ2) is 7.44. The van der Waals surface area contributed by atoms with Crippen molar-refractivity contribution in [2.75, 3.05) is 20.2 Å². The molecule has 0 radical (unpaired) electrons. The molecule has 1 aromatic carbocycles. The Kier molecular flexibility index (Phi) is 5.92. The number of nitro groups is 1. The lowest BCUT2D eigenvalue weighted by Gasteiger charge is -2.18. The second-order valence-corrected chi connectivity index (χ2v) is 4.47. The molecular formula is C13H18N2O5. The molecule has 0 spiro atoms. The summed E-state index contributed by atoms with van der Waals surface area (Å²) in [6, 6.07) is 5.89. The number of aliphatic hydroxyl groups is 1. The van der Waals surface area contributed by atoms with Gasteiger partial charge in [0.05, 0.1) is 11.0 Å². The fourth-order valence-corrected chi connectivity index (χ4v) is 1.48. The molecule has 0 aliphatic heterocycles. The SMILES string of the molecule is CC(O)CCN(C)C(=O)COc1ccccc1[N+](=O)[O-]. The van der Waals surface area contributed by atoms with Crippen LogP contribution in [0.1, 0.15) is 13.3 Å². The zero-order chi connectivity index (χ0) is 15.1. The molecule has 0 saturated carbocycles. The number of amides is 1. The molecule has 7 heteroatoms. The highest BCUT2D eigenvalue weighted by molar-refractivity contribution is 5.77. The van der Waals surface area contributed by atoms with Crippen LogP contribution in [0.3, 0.4) is 0 Å². The summed E-state index contributed by atoms with van der Waals surface area (Å²) in [7, 11) is 1.59. The highest BCUT2D eigenvalue weighted by Gasteiger charge is 2.16. The summed E-state index contributed by atoms with van der Waals surface area (Å²) in [4.78, 5) is 23.4. The van der Waals surface area contributed by atoms with Gasteiger partial charge in [-0.2, -0.15) is 0 Å². The van der Waals surface area contributed by atoms with E-state index in [0.717, 1.165) is 0 Å². The number of rotatable bonds is 7. The lowest BCUT2D eigenvalue weighted by molar-refractivity contribution is -0.385. The van der Waals surface area contributed by atoms with Gasteiger partial charge in [0.2, 0.25) is 0 Å². The second-order valence-electron chi connectivity index (χ2n) is 4.47. The van der Waals surface area contributed by atoms with Crippen LogP contribution in [-0.2, 0) is 4.79 Å². The van der Waals surface area contributed by atoms with Crippen molar-refractivity contribution < 1.29 is 19.6 Å². The van der Waals surface area contributed by atoms with E-state index >= 15 is 0 Å². The number of nitro benzene ring substituents is 1. The van der Waals surface area contributed by atoms with Crippen molar-refractivity contribution in [3.05, 3.63) is 34.4 Å². The number of nitrogens with zero attached hydrogens (tertiary/aromatic N) is 2. The molecular weight excluding hydrogens is 264 g/mol. The molecule has 1 unspecified atom stereocenters. The first-order valence-electron chi connectivity index (χ1n) is 6.20. The maximum atomic E-state index is 11.8. The summed E-state index contributed by atoms with van der Waals surface area (Å²) in [5.74, 6) is -0.237. The van der Waals surface area contributed by atoms with E-state index in [4.69, 9.17) is 9.84 Å². The first-order valence-corrected chi connectivity index (χ1v) is 6.20. The van der Waals surface area contributed by atoms with Gasteiger partial charge in [-0.3, -0.25) is 14.9 Å². The van der Waals surface area contributed by atoms with E-state index in [9.17, 15) is 14.9 Å². The van der Waals surface area contributed by atoms with Gasteiger partial charge in [0.15, 0.2) is 12.4 Å². The molecule has 0 bridgehead atoms. The lowest BCUT2D eigenvalue weighted by atomic mass is 10.3. The van der Waals surface area contributed by atoms with E-state index in [2.05, 4.69) is 0 Å². The van der Waals surface area contributed by atoms with Gasteiger partial charge < -0.3 is 14.7 Å². The average Bonchev–Trinajstić information content (AvgIpc) is 2.42. The molecule has 0 aliphatic carbocycles. The Hall–Kier alpha value is -2.15. The Morgan fingerprint density at radius 3 is 2.75 bits per heavy atom. The van der Waals surface area contributed by atoms with Gasteiger partial charge in [0.1, 0.15) is 0 Å². The Balaban J connectivity index is 2.55. The highest BCUT2D eigenvalue weighted by Crippen LogP contribution is 2.25. The predicted octanol–water partition coefficient (Wildman–Crippen LogP) is 1.20. The summed E-state index contributed by atoms with van der Waals surface area (Å²) >= 11 is 0. The molecule has 0 aromatic heterocycles. The molecule has 110 valence electrons.